The number of hydrogen-bond acceptors (Lipinski definition) is 5. The van der Waals surface area contributed by atoms with Crippen LogP contribution < -0.4 is 0 Å². The monoisotopic (exact) mass is 226 g/mol. The number of thioether (sulfide) groups is 1. The molecule has 1 aromatic rings. The quantitative estimate of drug-likeness (QED) is 0.598. The van der Waals surface area contributed by atoms with Crippen LogP contribution in [0.4, 0.5) is 0 Å². The molecule has 2 heterocycles. The van der Waals surface area contributed by atoms with Gasteiger partial charge in [0.15, 0.2) is 0 Å². The van der Waals surface area contributed by atoms with Crippen LogP contribution in [0.2, 0.25) is 0 Å². The number of aromatic carboxylic acids is 1. The largest absolute Gasteiger partial charge is 0.475 e. The first kappa shape index (κ1) is 10.4. The maximum Gasteiger partial charge on any atom is 0.373 e. The van der Waals surface area contributed by atoms with Crippen LogP contribution in [0.15, 0.2) is 5.03 Å². The predicted octanol–water partition coefficient (Wildman–Crippen LogP) is 0.969. The summed E-state index contributed by atoms with van der Waals surface area (Å²) in [6, 6.07) is 0. The number of fused-ring (bicyclic) bond motifs is 1. The summed E-state index contributed by atoms with van der Waals surface area (Å²) < 4.78 is 5.30. The molecule has 0 aliphatic carbocycles. The van der Waals surface area contributed by atoms with Crippen molar-refractivity contribution in [1.82, 2.24) is 9.97 Å². The summed E-state index contributed by atoms with van der Waals surface area (Å²) in [6.45, 7) is 1.07. The molecule has 0 saturated heterocycles. The van der Waals surface area contributed by atoms with E-state index >= 15 is 0 Å². The Morgan fingerprint density at radius 1 is 1.53 bits per heavy atom. The van der Waals surface area contributed by atoms with Crippen LogP contribution >= 0.6 is 11.8 Å². The average molecular weight is 226 g/mol. The summed E-state index contributed by atoms with van der Waals surface area (Å²) in [6.07, 6.45) is 2.52. The van der Waals surface area contributed by atoms with E-state index in [-0.39, 0.29) is 5.82 Å². The van der Waals surface area contributed by atoms with E-state index < -0.39 is 5.97 Å². The molecule has 6 heteroatoms. The number of aromatic nitrogens is 2. The highest BCUT2D eigenvalue weighted by atomic mass is 32.2. The fourth-order valence-electron chi connectivity index (χ4n) is 1.47. The first-order valence-corrected chi connectivity index (χ1v) is 5.69. The SMILES string of the molecule is CSc1nc(C(=O)O)nc2c1COCC2. The third-order valence-corrected chi connectivity index (χ3v) is 2.89. The van der Waals surface area contributed by atoms with Gasteiger partial charge in [-0.15, -0.1) is 11.8 Å². The molecule has 0 amide bonds. The Kier molecular flexibility index (Phi) is 2.88. The molecule has 1 N–H and O–H groups in total. The molecular formula is C9H10N2O3S. The molecule has 0 unspecified atom stereocenters. The molecule has 0 radical (unpaired) electrons. The summed E-state index contributed by atoms with van der Waals surface area (Å²) in [4.78, 5) is 18.8. The van der Waals surface area contributed by atoms with Gasteiger partial charge in [-0.1, -0.05) is 0 Å². The van der Waals surface area contributed by atoms with Crippen molar-refractivity contribution in [3.8, 4) is 0 Å². The van der Waals surface area contributed by atoms with Gasteiger partial charge in [0, 0.05) is 12.0 Å². The van der Waals surface area contributed by atoms with Gasteiger partial charge in [0.2, 0.25) is 5.82 Å². The zero-order valence-corrected chi connectivity index (χ0v) is 9.00. The molecule has 1 aliphatic heterocycles. The van der Waals surface area contributed by atoms with Crippen molar-refractivity contribution in [2.75, 3.05) is 12.9 Å². The molecule has 2 rings (SSSR count). The Morgan fingerprint density at radius 2 is 2.33 bits per heavy atom. The topological polar surface area (TPSA) is 72.3 Å². The highest BCUT2D eigenvalue weighted by Gasteiger charge is 2.19. The van der Waals surface area contributed by atoms with E-state index in [1.54, 1.807) is 0 Å². The van der Waals surface area contributed by atoms with Gasteiger partial charge in [0.25, 0.3) is 0 Å². The summed E-state index contributed by atoms with van der Waals surface area (Å²) in [5.74, 6) is -1.21. The predicted molar refractivity (Wildman–Crippen MR) is 54.1 cm³/mol. The van der Waals surface area contributed by atoms with Crippen LogP contribution in [0.3, 0.4) is 0 Å². The summed E-state index contributed by atoms with van der Waals surface area (Å²) in [7, 11) is 0. The van der Waals surface area contributed by atoms with Crippen LogP contribution in [0, 0.1) is 0 Å². The van der Waals surface area contributed by atoms with Crippen molar-refractivity contribution < 1.29 is 14.6 Å². The van der Waals surface area contributed by atoms with Crippen molar-refractivity contribution in [3.63, 3.8) is 0 Å². The number of ether oxygens (including phenoxy) is 1. The molecule has 1 aromatic heterocycles. The Labute approximate surface area is 90.9 Å². The lowest BCUT2D eigenvalue weighted by molar-refractivity contribution is 0.0678. The molecule has 80 valence electrons. The minimum Gasteiger partial charge on any atom is -0.475 e. The van der Waals surface area contributed by atoms with Crippen molar-refractivity contribution in [2.45, 2.75) is 18.1 Å². The van der Waals surface area contributed by atoms with Crippen LogP contribution in [-0.2, 0) is 17.8 Å². The first-order chi connectivity index (χ1) is 7.22. The first-order valence-electron chi connectivity index (χ1n) is 4.47. The fraction of sp³-hybridized carbons (Fsp3) is 0.444. The number of carbonyl (C=O) groups is 1. The van der Waals surface area contributed by atoms with Gasteiger partial charge in [-0.05, 0) is 6.26 Å². The minimum absolute atomic E-state index is 0.125. The highest BCUT2D eigenvalue weighted by Crippen LogP contribution is 2.24. The highest BCUT2D eigenvalue weighted by molar-refractivity contribution is 7.98. The van der Waals surface area contributed by atoms with Gasteiger partial charge >= 0.3 is 5.97 Å². The van der Waals surface area contributed by atoms with E-state index in [1.165, 1.54) is 11.8 Å². The lowest BCUT2D eigenvalue weighted by Crippen LogP contribution is -2.17. The average Bonchev–Trinajstić information content (AvgIpc) is 2.27. The summed E-state index contributed by atoms with van der Waals surface area (Å²) in [5.41, 5.74) is 1.73. The van der Waals surface area contributed by atoms with Crippen molar-refractivity contribution in [1.29, 1.82) is 0 Å². The number of rotatable bonds is 2. The van der Waals surface area contributed by atoms with Gasteiger partial charge in [0.05, 0.1) is 18.9 Å². The van der Waals surface area contributed by atoms with Gasteiger partial charge in [-0.25, -0.2) is 14.8 Å². The Morgan fingerprint density at radius 3 is 3.00 bits per heavy atom. The van der Waals surface area contributed by atoms with Crippen LogP contribution in [-0.4, -0.2) is 33.9 Å². The molecule has 0 aromatic carbocycles. The number of carboxylic acids is 1. The molecule has 1 aliphatic rings. The Hall–Kier alpha value is -1.14. The van der Waals surface area contributed by atoms with E-state index in [9.17, 15) is 4.79 Å². The van der Waals surface area contributed by atoms with Crippen molar-refractivity contribution in [2.24, 2.45) is 0 Å². The molecule has 0 saturated carbocycles. The van der Waals surface area contributed by atoms with Gasteiger partial charge in [-0.3, -0.25) is 0 Å². The van der Waals surface area contributed by atoms with E-state index in [0.717, 1.165) is 11.3 Å². The van der Waals surface area contributed by atoms with Crippen LogP contribution in [0.1, 0.15) is 21.9 Å². The van der Waals surface area contributed by atoms with Crippen LogP contribution in [0.25, 0.3) is 0 Å². The second kappa shape index (κ2) is 4.16. The van der Waals surface area contributed by atoms with E-state index in [2.05, 4.69) is 9.97 Å². The maximum absolute atomic E-state index is 10.8. The third-order valence-electron chi connectivity index (χ3n) is 2.17. The standard InChI is InChI=1S/C9H10N2O3S/c1-15-8-5-4-14-3-2-6(5)10-7(11-8)9(12)13/h2-4H2,1H3,(H,12,13). The molecule has 0 fully saturated rings. The third kappa shape index (κ3) is 1.95. The van der Waals surface area contributed by atoms with Crippen molar-refractivity contribution in [3.05, 3.63) is 17.1 Å². The second-order valence-electron chi connectivity index (χ2n) is 3.09. The molecular weight excluding hydrogens is 216 g/mol. The molecule has 0 atom stereocenters. The number of hydrogen-bond donors (Lipinski definition) is 1. The Balaban J connectivity index is 2.52. The van der Waals surface area contributed by atoms with Gasteiger partial charge < -0.3 is 9.84 Å². The van der Waals surface area contributed by atoms with Gasteiger partial charge in [0.1, 0.15) is 5.03 Å². The van der Waals surface area contributed by atoms with Gasteiger partial charge in [-0.2, -0.15) is 0 Å². The van der Waals surface area contributed by atoms with E-state index in [1.807, 2.05) is 6.26 Å². The second-order valence-corrected chi connectivity index (χ2v) is 3.88. The summed E-state index contributed by atoms with van der Waals surface area (Å²) >= 11 is 1.42. The lowest BCUT2D eigenvalue weighted by Gasteiger charge is -2.17. The van der Waals surface area contributed by atoms with Crippen molar-refractivity contribution >= 4 is 17.7 Å². The molecule has 15 heavy (non-hydrogen) atoms. The smallest absolute Gasteiger partial charge is 0.373 e. The zero-order valence-electron chi connectivity index (χ0n) is 8.19. The summed E-state index contributed by atoms with van der Waals surface area (Å²) in [5, 5.41) is 9.55. The van der Waals surface area contributed by atoms with Crippen LogP contribution in [0.5, 0.6) is 0 Å². The Bertz CT molecular complexity index is 391. The van der Waals surface area contributed by atoms with E-state index in [4.69, 9.17) is 9.84 Å². The molecule has 5 nitrogen and oxygen atoms in total. The lowest BCUT2D eigenvalue weighted by atomic mass is 10.1. The molecule has 0 bridgehead atoms. The normalized spacial score (nSPS) is 14.7. The maximum atomic E-state index is 10.8. The number of carboxylic acid groups (broad SMARTS) is 1. The number of nitrogens with zero attached hydrogens (tertiary/aromatic N) is 2. The molecule has 0 spiro atoms. The zero-order chi connectivity index (χ0) is 10.8. The minimum atomic E-state index is -1.08. The fourth-order valence-corrected chi connectivity index (χ4v) is 2.07. The van der Waals surface area contributed by atoms with E-state index in [0.29, 0.717) is 24.7 Å².